The van der Waals surface area contributed by atoms with E-state index in [1.807, 2.05) is 23.1 Å². The number of hydrogen-bond donors (Lipinski definition) is 1. The fourth-order valence-corrected chi connectivity index (χ4v) is 4.43. The fourth-order valence-electron chi connectivity index (χ4n) is 3.49. The normalized spacial score (nSPS) is 26.8. The monoisotopic (exact) mass is 375 g/mol. The van der Waals surface area contributed by atoms with Crippen LogP contribution in [0.25, 0.3) is 0 Å². The van der Waals surface area contributed by atoms with Crippen LogP contribution in [0.4, 0.5) is 0 Å². The van der Waals surface area contributed by atoms with Gasteiger partial charge in [-0.25, -0.2) is 0 Å². The largest absolute Gasteiger partial charge is 0.341 e. The SMILES string of the molecule is O=C(C(CCc1ccccc1)c1nn[nH]n1)N1C[C@@H]2C(Br)[C@@H]2C1. The topological polar surface area (TPSA) is 74.8 Å². The molecule has 120 valence electrons. The summed E-state index contributed by atoms with van der Waals surface area (Å²) < 4.78 is 0. The van der Waals surface area contributed by atoms with E-state index in [1.54, 1.807) is 0 Å². The van der Waals surface area contributed by atoms with Crippen molar-refractivity contribution < 1.29 is 4.79 Å². The van der Waals surface area contributed by atoms with Crippen LogP contribution in [0, 0.1) is 11.8 Å². The van der Waals surface area contributed by atoms with Gasteiger partial charge in [0.05, 0.1) is 0 Å². The summed E-state index contributed by atoms with van der Waals surface area (Å²) in [6, 6.07) is 10.2. The number of aromatic amines is 1. The molecule has 1 aliphatic heterocycles. The maximum absolute atomic E-state index is 12.9. The van der Waals surface area contributed by atoms with E-state index in [1.165, 1.54) is 5.56 Å². The zero-order valence-electron chi connectivity index (χ0n) is 12.6. The van der Waals surface area contributed by atoms with E-state index < -0.39 is 0 Å². The molecular weight excluding hydrogens is 358 g/mol. The van der Waals surface area contributed by atoms with Gasteiger partial charge in [0.15, 0.2) is 5.82 Å². The number of carbonyl (C=O) groups excluding carboxylic acids is 1. The molecule has 0 bridgehead atoms. The van der Waals surface area contributed by atoms with Crippen LogP contribution in [0.3, 0.4) is 0 Å². The predicted molar refractivity (Wildman–Crippen MR) is 88.0 cm³/mol. The fraction of sp³-hybridized carbons (Fsp3) is 0.500. The van der Waals surface area contributed by atoms with Gasteiger partial charge >= 0.3 is 0 Å². The first-order valence-corrected chi connectivity index (χ1v) is 8.85. The van der Waals surface area contributed by atoms with Crippen molar-refractivity contribution in [3.05, 3.63) is 41.7 Å². The third-order valence-electron chi connectivity index (χ3n) is 4.94. The minimum Gasteiger partial charge on any atom is -0.341 e. The number of aryl methyl sites for hydroxylation is 1. The predicted octanol–water partition coefficient (Wildman–Crippen LogP) is 1.77. The number of fused-ring (bicyclic) bond motifs is 1. The van der Waals surface area contributed by atoms with E-state index in [0.717, 1.165) is 19.5 Å². The summed E-state index contributed by atoms with van der Waals surface area (Å²) in [5.74, 6) is 1.56. The number of aromatic nitrogens is 4. The number of nitrogens with zero attached hydrogens (tertiary/aromatic N) is 4. The Morgan fingerprint density at radius 1 is 1.30 bits per heavy atom. The molecule has 4 atom stereocenters. The molecule has 1 aromatic heterocycles. The van der Waals surface area contributed by atoms with E-state index in [9.17, 15) is 4.79 Å². The molecule has 1 aliphatic carbocycles. The molecule has 1 saturated carbocycles. The molecule has 2 aliphatic rings. The number of hydrogen-bond acceptors (Lipinski definition) is 4. The highest BCUT2D eigenvalue weighted by molar-refractivity contribution is 9.09. The van der Waals surface area contributed by atoms with Gasteiger partial charge < -0.3 is 4.90 Å². The first-order chi connectivity index (χ1) is 11.2. The zero-order valence-corrected chi connectivity index (χ0v) is 14.2. The Morgan fingerprint density at radius 2 is 2.04 bits per heavy atom. The molecule has 7 heteroatoms. The van der Waals surface area contributed by atoms with Crippen molar-refractivity contribution in [3.63, 3.8) is 0 Å². The molecule has 6 nitrogen and oxygen atoms in total. The molecule has 2 unspecified atom stereocenters. The van der Waals surface area contributed by atoms with Crippen LogP contribution < -0.4 is 0 Å². The Hall–Kier alpha value is -1.76. The van der Waals surface area contributed by atoms with Crippen molar-refractivity contribution in [3.8, 4) is 0 Å². The molecule has 0 spiro atoms. The first kappa shape index (κ1) is 14.8. The molecule has 1 aromatic carbocycles. The zero-order chi connectivity index (χ0) is 15.8. The van der Waals surface area contributed by atoms with Gasteiger partial charge in [-0.1, -0.05) is 51.5 Å². The summed E-state index contributed by atoms with van der Waals surface area (Å²) in [4.78, 5) is 15.5. The highest BCUT2D eigenvalue weighted by Gasteiger charge is 2.55. The summed E-state index contributed by atoms with van der Waals surface area (Å²) in [5, 5.41) is 14.2. The van der Waals surface area contributed by atoms with Crippen LogP contribution in [0.1, 0.15) is 23.7 Å². The van der Waals surface area contributed by atoms with Gasteiger partial charge in [0.25, 0.3) is 0 Å². The molecule has 4 rings (SSSR count). The van der Waals surface area contributed by atoms with Crippen LogP contribution in [-0.2, 0) is 11.2 Å². The minimum atomic E-state index is -0.319. The number of rotatable bonds is 5. The number of likely N-dealkylation sites (tertiary alicyclic amines) is 1. The quantitative estimate of drug-likeness (QED) is 0.808. The van der Waals surface area contributed by atoms with Crippen LogP contribution in [-0.4, -0.2) is 49.3 Å². The Kier molecular flexibility index (Phi) is 3.88. The number of H-pyrrole nitrogens is 1. The van der Waals surface area contributed by atoms with E-state index in [4.69, 9.17) is 0 Å². The van der Waals surface area contributed by atoms with Gasteiger partial charge in [0.1, 0.15) is 5.92 Å². The molecule has 0 radical (unpaired) electrons. The average molecular weight is 376 g/mol. The van der Waals surface area contributed by atoms with Crippen LogP contribution in [0.5, 0.6) is 0 Å². The molecule has 1 amide bonds. The number of piperidine rings is 1. The Bertz CT molecular complexity index is 665. The van der Waals surface area contributed by atoms with E-state index in [2.05, 4.69) is 48.7 Å². The second-order valence-electron chi connectivity index (χ2n) is 6.36. The van der Waals surface area contributed by atoms with Crippen molar-refractivity contribution in [2.75, 3.05) is 13.1 Å². The van der Waals surface area contributed by atoms with Gasteiger partial charge in [-0.05, 0) is 30.2 Å². The van der Waals surface area contributed by atoms with Crippen molar-refractivity contribution in [2.24, 2.45) is 11.8 Å². The summed E-state index contributed by atoms with van der Waals surface area (Å²) >= 11 is 3.66. The van der Waals surface area contributed by atoms with E-state index in [0.29, 0.717) is 28.9 Å². The maximum Gasteiger partial charge on any atom is 0.233 e. The lowest BCUT2D eigenvalue weighted by Gasteiger charge is -2.23. The number of tetrazole rings is 1. The van der Waals surface area contributed by atoms with Gasteiger partial charge in [-0.2, -0.15) is 5.21 Å². The Balaban J connectivity index is 1.46. The lowest BCUT2D eigenvalue weighted by Crippen LogP contribution is -2.36. The van der Waals surface area contributed by atoms with Gasteiger partial charge in [0, 0.05) is 17.9 Å². The van der Waals surface area contributed by atoms with Crippen LogP contribution >= 0.6 is 15.9 Å². The number of nitrogens with one attached hydrogen (secondary N) is 1. The van der Waals surface area contributed by atoms with Gasteiger partial charge in [-0.3, -0.25) is 4.79 Å². The summed E-state index contributed by atoms with van der Waals surface area (Å²) in [5.41, 5.74) is 1.22. The maximum atomic E-state index is 12.9. The van der Waals surface area contributed by atoms with E-state index in [-0.39, 0.29) is 11.8 Å². The highest BCUT2D eigenvalue weighted by atomic mass is 79.9. The van der Waals surface area contributed by atoms with E-state index >= 15 is 0 Å². The summed E-state index contributed by atoms with van der Waals surface area (Å²) in [6.07, 6.45) is 1.53. The number of benzene rings is 1. The molecule has 2 fully saturated rings. The van der Waals surface area contributed by atoms with Gasteiger partial charge in [-0.15, -0.1) is 10.2 Å². The number of amides is 1. The molecule has 23 heavy (non-hydrogen) atoms. The van der Waals surface area contributed by atoms with Crippen molar-refractivity contribution in [2.45, 2.75) is 23.6 Å². The molecule has 1 N–H and O–H groups in total. The number of halogens is 1. The molecule has 2 aromatic rings. The molecule has 1 saturated heterocycles. The van der Waals surface area contributed by atoms with Gasteiger partial charge in [0.2, 0.25) is 5.91 Å². The third kappa shape index (κ3) is 2.89. The standard InChI is InChI=1S/C16H18BrN5O/c17-14-12-8-22(9-13(12)14)16(23)11(15-18-20-21-19-15)7-6-10-4-2-1-3-5-10/h1-5,11-14H,6-9H2,(H,18,19,20,21)/t11?,12-,13+,14?. The highest BCUT2D eigenvalue weighted by Crippen LogP contribution is 2.51. The van der Waals surface area contributed by atoms with Crippen molar-refractivity contribution in [1.29, 1.82) is 0 Å². The first-order valence-electron chi connectivity index (χ1n) is 7.94. The van der Waals surface area contributed by atoms with Crippen molar-refractivity contribution in [1.82, 2.24) is 25.5 Å². The van der Waals surface area contributed by atoms with Crippen LogP contribution in [0.2, 0.25) is 0 Å². The lowest BCUT2D eigenvalue weighted by atomic mass is 9.97. The number of carbonyl (C=O) groups is 1. The molecule has 2 heterocycles. The molecular formula is C16H18BrN5O. The van der Waals surface area contributed by atoms with Crippen LogP contribution in [0.15, 0.2) is 30.3 Å². The second kappa shape index (κ2) is 6.03. The Labute approximate surface area is 142 Å². The average Bonchev–Trinajstić information content (AvgIpc) is 3.04. The summed E-state index contributed by atoms with van der Waals surface area (Å²) in [7, 11) is 0. The Morgan fingerprint density at radius 3 is 2.70 bits per heavy atom. The smallest absolute Gasteiger partial charge is 0.233 e. The second-order valence-corrected chi connectivity index (χ2v) is 7.42. The van der Waals surface area contributed by atoms with Crippen molar-refractivity contribution >= 4 is 21.8 Å². The minimum absolute atomic E-state index is 0.134. The lowest BCUT2D eigenvalue weighted by molar-refractivity contribution is -0.132. The third-order valence-corrected chi connectivity index (χ3v) is 6.30. The summed E-state index contributed by atoms with van der Waals surface area (Å²) in [6.45, 7) is 1.69. The number of alkyl halides is 1.